The molecule has 3 aromatic rings. The van der Waals surface area contributed by atoms with Crippen LogP contribution in [0.15, 0.2) is 48.5 Å². The number of aryl methyl sites for hydroxylation is 2. The van der Waals surface area contributed by atoms with Crippen molar-refractivity contribution in [2.75, 3.05) is 11.4 Å². The summed E-state index contributed by atoms with van der Waals surface area (Å²) in [6, 6.07) is 16.6. The largest absolute Gasteiger partial charge is 0.328 e. The third-order valence-electron chi connectivity index (χ3n) is 6.32. The molecule has 1 fully saturated rings. The molecule has 30 heavy (non-hydrogen) atoms. The number of aromatic nitrogens is 2. The van der Waals surface area contributed by atoms with E-state index in [1.165, 1.54) is 44.0 Å². The molecule has 0 radical (unpaired) electrons. The summed E-state index contributed by atoms with van der Waals surface area (Å²) >= 11 is 0. The normalized spacial score (nSPS) is 16.7. The van der Waals surface area contributed by atoms with Crippen LogP contribution in [0.4, 0.5) is 5.69 Å². The average Bonchev–Trinajstić information content (AvgIpc) is 3.31. The minimum atomic E-state index is 0.143. The maximum Gasteiger partial charge on any atom is 0.227 e. The third-order valence-corrected chi connectivity index (χ3v) is 6.32. The van der Waals surface area contributed by atoms with Crippen LogP contribution in [0.3, 0.4) is 0 Å². The fraction of sp³-hybridized carbons (Fsp3) is 0.462. The number of rotatable bonds is 9. The second kappa shape index (κ2) is 9.46. The molecule has 0 saturated carbocycles. The highest BCUT2D eigenvalue weighted by Gasteiger charge is 2.35. The quantitative estimate of drug-likeness (QED) is 0.397. The van der Waals surface area contributed by atoms with Crippen molar-refractivity contribution >= 4 is 22.6 Å². The molecule has 0 unspecified atom stereocenters. The van der Waals surface area contributed by atoms with E-state index < -0.39 is 0 Å². The van der Waals surface area contributed by atoms with Gasteiger partial charge in [-0.05, 0) is 37.1 Å². The lowest BCUT2D eigenvalue weighted by Gasteiger charge is -2.19. The summed E-state index contributed by atoms with van der Waals surface area (Å²) in [4.78, 5) is 19.8. The monoisotopic (exact) mass is 403 g/mol. The Hall–Kier alpha value is -2.62. The SMILES string of the molecule is CCCCCCCCn1c([C@H]2CC(=O)N(c3ccccc3C)C2)nc2ccccc21. The summed E-state index contributed by atoms with van der Waals surface area (Å²) in [5, 5.41) is 0. The Kier molecular flexibility index (Phi) is 6.51. The van der Waals surface area contributed by atoms with Gasteiger partial charge in [-0.2, -0.15) is 0 Å². The van der Waals surface area contributed by atoms with Gasteiger partial charge in [0.25, 0.3) is 0 Å². The van der Waals surface area contributed by atoms with Crippen LogP contribution in [0.25, 0.3) is 11.0 Å². The molecule has 1 aliphatic heterocycles. The van der Waals surface area contributed by atoms with Gasteiger partial charge in [0.2, 0.25) is 5.91 Å². The third kappa shape index (κ3) is 4.28. The van der Waals surface area contributed by atoms with Gasteiger partial charge in [0.05, 0.1) is 11.0 Å². The second-order valence-corrected chi connectivity index (χ2v) is 8.57. The van der Waals surface area contributed by atoms with Crippen LogP contribution in [-0.2, 0) is 11.3 Å². The van der Waals surface area contributed by atoms with E-state index in [1.54, 1.807) is 0 Å². The standard InChI is InChI=1S/C26H33N3O/c1-3-4-5-6-7-12-17-28-24-16-11-9-14-22(24)27-26(28)21-18-25(30)29(19-21)23-15-10-8-13-20(23)2/h8-11,13-16,21H,3-7,12,17-19H2,1-2H3/t21-/m0/s1. The molecule has 1 aliphatic rings. The fourth-order valence-corrected chi connectivity index (χ4v) is 4.67. The molecule has 2 heterocycles. The lowest BCUT2D eigenvalue weighted by molar-refractivity contribution is -0.117. The number of nitrogens with zero attached hydrogens (tertiary/aromatic N) is 3. The van der Waals surface area contributed by atoms with Gasteiger partial charge >= 0.3 is 0 Å². The molecule has 0 bridgehead atoms. The van der Waals surface area contributed by atoms with E-state index in [-0.39, 0.29) is 11.8 Å². The highest BCUT2D eigenvalue weighted by Crippen LogP contribution is 2.34. The van der Waals surface area contributed by atoms with Crippen LogP contribution in [0.5, 0.6) is 0 Å². The summed E-state index contributed by atoms with van der Waals surface area (Å²) in [6.07, 6.45) is 8.20. The first-order valence-electron chi connectivity index (χ1n) is 11.5. The number of carbonyl (C=O) groups is 1. The fourth-order valence-electron chi connectivity index (χ4n) is 4.67. The number of para-hydroxylation sites is 3. The van der Waals surface area contributed by atoms with Crippen molar-refractivity contribution in [1.29, 1.82) is 0 Å². The number of anilines is 1. The smallest absolute Gasteiger partial charge is 0.227 e. The minimum Gasteiger partial charge on any atom is -0.328 e. The Balaban J connectivity index is 1.55. The Morgan fingerprint density at radius 2 is 1.70 bits per heavy atom. The number of hydrogen-bond donors (Lipinski definition) is 0. The second-order valence-electron chi connectivity index (χ2n) is 8.57. The molecule has 4 nitrogen and oxygen atoms in total. The lowest BCUT2D eigenvalue weighted by atomic mass is 10.1. The first-order chi connectivity index (χ1) is 14.7. The molecule has 4 heteroatoms. The van der Waals surface area contributed by atoms with Crippen molar-refractivity contribution < 1.29 is 4.79 Å². The molecular weight excluding hydrogens is 370 g/mol. The summed E-state index contributed by atoms with van der Waals surface area (Å²) in [6.45, 7) is 6.03. The molecule has 0 spiro atoms. The van der Waals surface area contributed by atoms with Gasteiger partial charge < -0.3 is 9.47 Å². The van der Waals surface area contributed by atoms with Crippen LogP contribution in [0.2, 0.25) is 0 Å². The summed E-state index contributed by atoms with van der Waals surface area (Å²) < 4.78 is 2.38. The zero-order valence-corrected chi connectivity index (χ0v) is 18.3. The minimum absolute atomic E-state index is 0.143. The van der Waals surface area contributed by atoms with Crippen molar-refractivity contribution in [3.8, 4) is 0 Å². The highest BCUT2D eigenvalue weighted by molar-refractivity contribution is 5.97. The maximum absolute atomic E-state index is 12.9. The number of carbonyl (C=O) groups excluding carboxylic acids is 1. The molecule has 0 N–H and O–H groups in total. The number of benzene rings is 2. The zero-order valence-electron chi connectivity index (χ0n) is 18.3. The topological polar surface area (TPSA) is 38.1 Å². The van der Waals surface area contributed by atoms with Gasteiger partial charge in [0, 0.05) is 31.1 Å². The molecule has 158 valence electrons. The van der Waals surface area contributed by atoms with Gasteiger partial charge in [-0.3, -0.25) is 4.79 Å². The van der Waals surface area contributed by atoms with Crippen LogP contribution < -0.4 is 4.90 Å². The van der Waals surface area contributed by atoms with E-state index >= 15 is 0 Å². The Morgan fingerprint density at radius 1 is 0.967 bits per heavy atom. The van der Waals surface area contributed by atoms with E-state index in [1.807, 2.05) is 23.1 Å². The van der Waals surface area contributed by atoms with Crippen molar-refractivity contribution in [2.45, 2.75) is 71.3 Å². The van der Waals surface area contributed by atoms with E-state index in [4.69, 9.17) is 4.98 Å². The number of hydrogen-bond acceptors (Lipinski definition) is 2. The molecule has 1 atom stereocenters. The van der Waals surface area contributed by atoms with E-state index in [9.17, 15) is 4.79 Å². The van der Waals surface area contributed by atoms with Crippen LogP contribution in [0.1, 0.15) is 69.2 Å². The maximum atomic E-state index is 12.9. The number of imidazole rings is 1. The van der Waals surface area contributed by atoms with Crippen molar-refractivity contribution in [1.82, 2.24) is 9.55 Å². The van der Waals surface area contributed by atoms with Crippen molar-refractivity contribution in [3.63, 3.8) is 0 Å². The molecule has 2 aromatic carbocycles. The predicted molar refractivity (Wildman–Crippen MR) is 124 cm³/mol. The van der Waals surface area contributed by atoms with Crippen LogP contribution in [-0.4, -0.2) is 22.0 Å². The lowest BCUT2D eigenvalue weighted by Crippen LogP contribution is -2.25. The first-order valence-corrected chi connectivity index (χ1v) is 11.5. The van der Waals surface area contributed by atoms with Gasteiger partial charge in [-0.1, -0.05) is 69.4 Å². The van der Waals surface area contributed by atoms with E-state index in [0.717, 1.165) is 29.1 Å². The summed E-state index contributed by atoms with van der Waals surface area (Å²) in [5.41, 5.74) is 4.42. The van der Waals surface area contributed by atoms with Gasteiger partial charge in [-0.15, -0.1) is 0 Å². The molecule has 1 saturated heterocycles. The number of amides is 1. The molecule has 4 rings (SSSR count). The number of unbranched alkanes of at least 4 members (excludes halogenated alkanes) is 5. The first kappa shape index (κ1) is 20.6. The Bertz CT molecular complexity index is 1010. The van der Waals surface area contributed by atoms with E-state index in [2.05, 4.69) is 48.7 Å². The van der Waals surface area contributed by atoms with Gasteiger partial charge in [0.1, 0.15) is 5.82 Å². The highest BCUT2D eigenvalue weighted by atomic mass is 16.2. The van der Waals surface area contributed by atoms with Gasteiger partial charge in [0.15, 0.2) is 0 Å². The van der Waals surface area contributed by atoms with Gasteiger partial charge in [-0.25, -0.2) is 4.98 Å². The Labute approximate surface area is 179 Å². The number of fused-ring (bicyclic) bond motifs is 1. The Morgan fingerprint density at radius 3 is 2.53 bits per heavy atom. The van der Waals surface area contributed by atoms with Crippen LogP contribution >= 0.6 is 0 Å². The average molecular weight is 404 g/mol. The van der Waals surface area contributed by atoms with Crippen molar-refractivity contribution in [3.05, 3.63) is 59.9 Å². The summed E-state index contributed by atoms with van der Waals surface area (Å²) in [5.74, 6) is 1.42. The molecule has 1 amide bonds. The van der Waals surface area contributed by atoms with Crippen molar-refractivity contribution in [2.24, 2.45) is 0 Å². The zero-order chi connectivity index (χ0) is 20.9. The summed E-state index contributed by atoms with van der Waals surface area (Å²) in [7, 11) is 0. The molecule has 0 aliphatic carbocycles. The predicted octanol–water partition coefficient (Wildman–Crippen LogP) is 6.23. The molecule has 1 aromatic heterocycles. The van der Waals surface area contributed by atoms with Crippen LogP contribution in [0, 0.1) is 6.92 Å². The molecular formula is C26H33N3O. The van der Waals surface area contributed by atoms with E-state index in [0.29, 0.717) is 13.0 Å².